The van der Waals surface area contributed by atoms with Crippen LogP contribution in [0, 0.1) is 5.92 Å². The smallest absolute Gasteiger partial charge is 0.329 e. The molecule has 3 N–H and O–H groups in total. The number of pyridine rings is 1. The number of ether oxygens (including phenoxy) is 1. The Morgan fingerprint density at radius 1 is 1.21 bits per heavy atom. The number of alkyl halides is 2. The molecule has 0 bridgehead atoms. The highest BCUT2D eigenvalue weighted by molar-refractivity contribution is 7.92. The van der Waals surface area contributed by atoms with Crippen LogP contribution in [0.3, 0.4) is 0 Å². The average molecular weight is 618 g/mol. The number of hydrogen-bond acceptors (Lipinski definition) is 8. The van der Waals surface area contributed by atoms with E-state index >= 15 is 0 Å². The van der Waals surface area contributed by atoms with Gasteiger partial charge in [0, 0.05) is 43.7 Å². The maximum absolute atomic E-state index is 13.8. The summed E-state index contributed by atoms with van der Waals surface area (Å²) < 4.78 is 61.3. The van der Waals surface area contributed by atoms with Gasteiger partial charge in [0.25, 0.3) is 5.91 Å². The Morgan fingerprint density at radius 3 is 2.58 bits per heavy atom. The number of benzene rings is 1. The predicted molar refractivity (Wildman–Crippen MR) is 157 cm³/mol. The van der Waals surface area contributed by atoms with Crippen LogP contribution in [0.5, 0.6) is 5.75 Å². The van der Waals surface area contributed by atoms with Crippen LogP contribution in [-0.4, -0.2) is 88.6 Å². The number of piperidine rings is 1. The molecule has 2 aliphatic rings. The molecule has 4 aromatic rings. The average Bonchev–Trinajstić information content (AvgIpc) is 3.62. The molecule has 2 fully saturated rings. The number of nitrogens with zero attached hydrogens (tertiary/aromatic N) is 6. The van der Waals surface area contributed by atoms with E-state index in [-0.39, 0.29) is 22.6 Å². The number of anilines is 1. The molecule has 2 atom stereocenters. The van der Waals surface area contributed by atoms with Crippen LogP contribution >= 0.6 is 0 Å². The summed E-state index contributed by atoms with van der Waals surface area (Å²) in [6, 6.07) is 7.51. The van der Waals surface area contributed by atoms with Crippen molar-refractivity contribution in [2.24, 2.45) is 18.7 Å². The van der Waals surface area contributed by atoms with Crippen LogP contribution in [0.1, 0.15) is 29.6 Å². The van der Waals surface area contributed by atoms with Gasteiger partial charge in [-0.15, -0.1) is 0 Å². The summed E-state index contributed by atoms with van der Waals surface area (Å²) in [6.07, 6.45) is 2.46. The Kier molecular flexibility index (Phi) is 7.29. The number of hydrogen-bond donors (Lipinski definition) is 2. The molecule has 0 unspecified atom stereocenters. The third kappa shape index (κ3) is 5.29. The van der Waals surface area contributed by atoms with E-state index in [1.807, 2.05) is 22.2 Å². The lowest BCUT2D eigenvalue weighted by Crippen LogP contribution is -2.53. The Labute approximate surface area is 246 Å². The number of imidazole rings is 1. The van der Waals surface area contributed by atoms with Gasteiger partial charge in [-0.3, -0.25) is 4.79 Å². The molecule has 230 valence electrons. The number of sulfonamides is 1. The van der Waals surface area contributed by atoms with Crippen LogP contribution in [-0.2, 0) is 23.6 Å². The summed E-state index contributed by atoms with van der Waals surface area (Å²) in [6.45, 7) is -2.14. The molecule has 43 heavy (non-hydrogen) atoms. The van der Waals surface area contributed by atoms with E-state index in [1.165, 1.54) is 13.2 Å². The van der Waals surface area contributed by atoms with E-state index in [2.05, 4.69) is 4.98 Å². The van der Waals surface area contributed by atoms with Gasteiger partial charge >= 0.3 is 6.55 Å². The fourth-order valence-corrected chi connectivity index (χ4v) is 6.47. The van der Waals surface area contributed by atoms with Crippen molar-refractivity contribution < 1.29 is 31.8 Å². The number of carbonyl (C=O) groups is 1. The lowest BCUT2D eigenvalue weighted by atomic mass is 10.0. The minimum atomic E-state index is -4.28. The van der Waals surface area contributed by atoms with Gasteiger partial charge in [0.15, 0.2) is 5.82 Å². The lowest BCUT2D eigenvalue weighted by Gasteiger charge is -2.34. The molecule has 3 aromatic heterocycles. The molecule has 4 heterocycles. The van der Waals surface area contributed by atoms with Crippen LogP contribution in [0.15, 0.2) is 30.3 Å². The van der Waals surface area contributed by atoms with Crippen LogP contribution in [0.2, 0.25) is 0 Å². The van der Waals surface area contributed by atoms with Crippen molar-refractivity contribution in [2.75, 3.05) is 30.8 Å². The van der Waals surface area contributed by atoms with Crippen molar-refractivity contribution in [3.8, 4) is 17.3 Å². The standard InChI is InChI=1S/C28H33F2N7O5S/c1-34-24-19(10-17(12-22(24)42-2)27(39)35-9-8-21(38)18(31)14-35)32-26(34)20-11-16-6-7-23(37(28(29)30)43(3,40)41)33-25(16)36(20)13-15-4-5-15/h6-7,10-12,15,18,21,28,38H,4-5,8-9,13-14,31H2,1-3H3/t18-,21+/m0/s1. The van der Waals surface area contributed by atoms with Crippen LogP contribution < -0.4 is 14.8 Å². The molecule has 1 saturated carbocycles. The van der Waals surface area contributed by atoms with Crippen molar-refractivity contribution >= 4 is 43.8 Å². The van der Waals surface area contributed by atoms with Gasteiger partial charge in [0.05, 0.1) is 30.7 Å². The fourth-order valence-electron chi connectivity index (χ4n) is 5.74. The van der Waals surface area contributed by atoms with Gasteiger partial charge in [-0.25, -0.2) is 18.4 Å². The van der Waals surface area contributed by atoms with E-state index < -0.39 is 28.7 Å². The molecular weight excluding hydrogens is 584 g/mol. The minimum Gasteiger partial charge on any atom is -0.494 e. The van der Waals surface area contributed by atoms with Crippen molar-refractivity contribution in [1.82, 2.24) is 24.0 Å². The third-order valence-corrected chi connectivity index (χ3v) is 9.23. The fraction of sp³-hybridized carbons (Fsp3) is 0.464. The maximum atomic E-state index is 13.8. The first-order chi connectivity index (χ1) is 20.4. The number of halogens is 2. The van der Waals surface area contributed by atoms with E-state index in [1.54, 1.807) is 23.1 Å². The van der Waals surface area contributed by atoms with Gasteiger partial charge in [0.2, 0.25) is 10.0 Å². The summed E-state index contributed by atoms with van der Waals surface area (Å²) in [5.41, 5.74) is 8.57. The summed E-state index contributed by atoms with van der Waals surface area (Å²) >= 11 is 0. The molecule has 1 aromatic carbocycles. The minimum absolute atomic E-state index is 0.00889. The van der Waals surface area contributed by atoms with E-state index in [0.717, 1.165) is 12.8 Å². The van der Waals surface area contributed by atoms with Gasteiger partial charge < -0.3 is 29.6 Å². The SMILES string of the molecule is COc1cc(C(=O)N2CC[C@@H](O)[C@@H](N)C2)cc2nc(-c3cc4ccc(N(C(F)F)S(C)(=O)=O)nc4n3CC3CC3)n(C)c12. The number of methoxy groups -OCH3 is 1. The number of fused-ring (bicyclic) bond motifs is 2. The molecule has 0 radical (unpaired) electrons. The van der Waals surface area contributed by atoms with E-state index in [4.69, 9.17) is 15.5 Å². The number of rotatable bonds is 8. The zero-order chi connectivity index (χ0) is 30.8. The van der Waals surface area contributed by atoms with Crippen LogP contribution in [0.25, 0.3) is 33.6 Å². The Bertz CT molecular complexity index is 1840. The number of carbonyl (C=O) groups excluding carboxylic acids is 1. The van der Waals surface area contributed by atoms with Gasteiger partial charge in [-0.1, -0.05) is 0 Å². The van der Waals surface area contributed by atoms with Crippen molar-refractivity contribution in [2.45, 2.75) is 44.5 Å². The highest BCUT2D eigenvalue weighted by Crippen LogP contribution is 2.38. The molecule has 1 saturated heterocycles. The van der Waals surface area contributed by atoms with Crippen molar-refractivity contribution in [3.63, 3.8) is 0 Å². The lowest BCUT2D eigenvalue weighted by molar-refractivity contribution is 0.0459. The normalized spacial score (nSPS) is 19.5. The first-order valence-corrected chi connectivity index (χ1v) is 15.8. The largest absolute Gasteiger partial charge is 0.494 e. The van der Waals surface area contributed by atoms with E-state index in [9.17, 15) is 27.1 Å². The molecule has 0 spiro atoms. The summed E-state index contributed by atoms with van der Waals surface area (Å²) in [5.74, 6) is 0.725. The number of aryl methyl sites for hydroxylation is 1. The highest BCUT2D eigenvalue weighted by atomic mass is 32.2. The second-order valence-corrected chi connectivity index (χ2v) is 13.2. The highest BCUT2D eigenvalue weighted by Gasteiger charge is 2.32. The molecule has 1 aliphatic heterocycles. The molecule has 15 heteroatoms. The number of likely N-dealkylation sites (tertiary alicyclic amines) is 1. The maximum Gasteiger partial charge on any atom is 0.329 e. The Morgan fingerprint density at radius 2 is 1.95 bits per heavy atom. The van der Waals surface area contributed by atoms with Gasteiger partial charge in [0.1, 0.15) is 22.7 Å². The number of aliphatic hydroxyl groups is 1. The summed E-state index contributed by atoms with van der Waals surface area (Å²) in [5, 5.41) is 10.6. The molecular formula is C28H33F2N7O5S. The van der Waals surface area contributed by atoms with Crippen LogP contribution in [0.4, 0.5) is 14.6 Å². The van der Waals surface area contributed by atoms with E-state index in [0.29, 0.717) is 76.6 Å². The summed E-state index contributed by atoms with van der Waals surface area (Å²) in [4.78, 5) is 24.3. The zero-order valence-electron chi connectivity index (χ0n) is 23.9. The van der Waals surface area contributed by atoms with Crippen molar-refractivity contribution in [1.29, 1.82) is 0 Å². The first-order valence-electron chi connectivity index (χ1n) is 13.9. The molecule has 6 rings (SSSR count). The monoisotopic (exact) mass is 617 g/mol. The van der Waals surface area contributed by atoms with Gasteiger partial charge in [-0.05, 0) is 55.5 Å². The predicted octanol–water partition coefficient (Wildman–Crippen LogP) is 2.53. The molecule has 12 nitrogen and oxygen atoms in total. The first kappa shape index (κ1) is 29.3. The second-order valence-electron chi connectivity index (χ2n) is 11.3. The molecule has 1 aliphatic carbocycles. The Balaban J connectivity index is 1.47. The second kappa shape index (κ2) is 10.7. The molecule has 1 amide bonds. The van der Waals surface area contributed by atoms with Gasteiger partial charge in [-0.2, -0.15) is 13.1 Å². The topological polar surface area (TPSA) is 149 Å². The third-order valence-electron chi connectivity index (χ3n) is 8.17. The number of aromatic nitrogens is 4. The number of aliphatic hydroxyl groups excluding tert-OH is 1. The zero-order valence-corrected chi connectivity index (χ0v) is 24.8. The summed E-state index contributed by atoms with van der Waals surface area (Å²) in [7, 11) is -0.953. The number of amides is 1. The quantitative estimate of drug-likeness (QED) is 0.287. The Hall–Kier alpha value is -3.82. The van der Waals surface area contributed by atoms with Crippen molar-refractivity contribution in [3.05, 3.63) is 35.9 Å². The number of nitrogens with two attached hydrogens (primary N) is 1.